The number of amides is 1. The third kappa shape index (κ3) is 6.32. The molecule has 2 aromatic rings. The van der Waals surface area contributed by atoms with Crippen molar-refractivity contribution in [2.45, 2.75) is 26.3 Å². The van der Waals surface area contributed by atoms with Crippen molar-refractivity contribution in [3.8, 4) is 11.5 Å². The summed E-state index contributed by atoms with van der Waals surface area (Å²) >= 11 is 0. The molecule has 0 bridgehead atoms. The molecule has 1 amide bonds. The predicted molar refractivity (Wildman–Crippen MR) is 137 cm³/mol. The van der Waals surface area contributed by atoms with Crippen molar-refractivity contribution in [1.29, 1.82) is 0 Å². The lowest BCUT2D eigenvalue weighted by atomic mass is 9.98. The number of carbonyl (C=O) groups is 2. The molecule has 8 heteroatoms. The van der Waals surface area contributed by atoms with Crippen LogP contribution in [-0.4, -0.2) is 63.7 Å². The molecule has 6 nitrogen and oxygen atoms in total. The smallest absolute Gasteiger partial charge is 0.200 e. The van der Waals surface area contributed by atoms with E-state index in [1.807, 2.05) is 30.9 Å². The normalized spacial score (nSPS) is 15.8. The zero-order chi connectivity index (χ0) is 25.5. The summed E-state index contributed by atoms with van der Waals surface area (Å²) in [6.45, 7) is 9.30. The van der Waals surface area contributed by atoms with Crippen LogP contribution in [0.2, 0.25) is 0 Å². The van der Waals surface area contributed by atoms with Crippen molar-refractivity contribution in [2.24, 2.45) is 0 Å². The second kappa shape index (κ2) is 11.7. The quantitative estimate of drug-likeness (QED) is 0.304. The lowest BCUT2D eigenvalue weighted by Crippen LogP contribution is -2.55. The van der Waals surface area contributed by atoms with E-state index in [4.69, 9.17) is 17.3 Å². The molecule has 1 aliphatic heterocycles. The van der Waals surface area contributed by atoms with Gasteiger partial charge >= 0.3 is 0 Å². The van der Waals surface area contributed by atoms with E-state index in [0.717, 1.165) is 28.1 Å². The third-order valence-corrected chi connectivity index (χ3v) is 6.29. The van der Waals surface area contributed by atoms with E-state index in [2.05, 4.69) is 6.58 Å². The highest BCUT2D eigenvalue weighted by Crippen LogP contribution is 2.28. The molecule has 182 valence electrons. The fourth-order valence-corrected chi connectivity index (χ4v) is 4.19. The zero-order valence-electron chi connectivity index (χ0n) is 20.4. The van der Waals surface area contributed by atoms with Gasteiger partial charge in [-0.1, -0.05) is 24.8 Å². The second-order valence-electron chi connectivity index (χ2n) is 8.46. The van der Waals surface area contributed by atoms with Crippen LogP contribution < -0.4 is 14.4 Å². The summed E-state index contributed by atoms with van der Waals surface area (Å²) in [5.74, 6) is -0.215. The van der Waals surface area contributed by atoms with Crippen LogP contribution in [0.1, 0.15) is 23.1 Å². The number of methoxy groups -OCH3 is 1. The molecular weight excluding hydrogens is 446 g/mol. The lowest BCUT2D eigenvalue weighted by molar-refractivity contribution is -0.115. The molecule has 3 rings (SSSR count). The van der Waals surface area contributed by atoms with Crippen LogP contribution in [0.4, 0.5) is 14.9 Å². The minimum atomic E-state index is -0.565. The molecule has 1 fully saturated rings. The SMILES string of the molecule is [B]C(=O)N1CCN(c2ccc(F)c(OC)c2)C[C@@H]1CC(=O)C=Cc1ccc(OCC=C)c(C)c1C. The van der Waals surface area contributed by atoms with Gasteiger partial charge in [-0.2, -0.15) is 0 Å². The molecule has 1 atom stereocenters. The van der Waals surface area contributed by atoms with E-state index in [-0.39, 0.29) is 18.0 Å². The standard InChI is InChI=1S/C27H30BFN2O4/c1-5-14-35-25-11-7-20(18(2)19(25)3)6-9-23(32)15-22-17-30(12-13-31(22)27(28)33)21-8-10-24(29)26(16-21)34-4/h5-11,16,22H,1,12-15,17H2,2-4H3/t22-/m0/s1. The maximum atomic E-state index is 13.8. The van der Waals surface area contributed by atoms with Gasteiger partial charge in [0.1, 0.15) is 12.4 Å². The molecule has 2 radical (unpaired) electrons. The molecule has 0 N–H and O–H groups in total. The molecule has 1 heterocycles. The van der Waals surface area contributed by atoms with Gasteiger partial charge in [-0.25, -0.2) is 4.39 Å². The number of carbonyl (C=O) groups excluding carboxylic acids is 2. The van der Waals surface area contributed by atoms with Crippen LogP contribution in [0, 0.1) is 19.7 Å². The number of ether oxygens (including phenoxy) is 2. The van der Waals surface area contributed by atoms with Gasteiger partial charge in [-0.05, 0) is 54.8 Å². The fraction of sp³-hybridized carbons (Fsp3) is 0.333. The highest BCUT2D eigenvalue weighted by molar-refractivity contribution is 6.57. The zero-order valence-corrected chi connectivity index (χ0v) is 20.4. The number of piperazine rings is 1. The number of allylic oxidation sites excluding steroid dienone is 1. The highest BCUT2D eigenvalue weighted by Gasteiger charge is 2.30. The molecule has 1 aliphatic rings. The Balaban J connectivity index is 1.73. The van der Waals surface area contributed by atoms with Crippen molar-refractivity contribution in [2.75, 3.05) is 38.3 Å². The fourth-order valence-electron chi connectivity index (χ4n) is 4.19. The minimum Gasteiger partial charge on any atom is -0.494 e. The number of ketones is 1. The van der Waals surface area contributed by atoms with Crippen LogP contribution in [0.25, 0.3) is 6.08 Å². The molecule has 1 saturated heterocycles. The first-order valence-electron chi connectivity index (χ1n) is 11.4. The maximum absolute atomic E-state index is 13.8. The first-order valence-corrected chi connectivity index (χ1v) is 11.4. The Kier molecular flexibility index (Phi) is 8.74. The minimum absolute atomic E-state index is 0.118. The monoisotopic (exact) mass is 476 g/mol. The van der Waals surface area contributed by atoms with Crippen molar-refractivity contribution in [1.82, 2.24) is 4.90 Å². The summed E-state index contributed by atoms with van der Waals surface area (Å²) in [7, 11) is 6.99. The van der Waals surface area contributed by atoms with E-state index >= 15 is 0 Å². The summed E-state index contributed by atoms with van der Waals surface area (Å²) in [6, 6.07) is 7.99. The van der Waals surface area contributed by atoms with Crippen molar-refractivity contribution in [3.63, 3.8) is 0 Å². The van der Waals surface area contributed by atoms with Gasteiger partial charge in [-0.3, -0.25) is 9.59 Å². The Bertz CT molecular complexity index is 1130. The lowest BCUT2D eigenvalue weighted by Gasteiger charge is -2.42. The molecule has 0 aromatic heterocycles. The van der Waals surface area contributed by atoms with Gasteiger partial charge < -0.3 is 19.3 Å². The largest absolute Gasteiger partial charge is 0.494 e. The highest BCUT2D eigenvalue weighted by atomic mass is 19.1. The Morgan fingerprint density at radius 1 is 1.17 bits per heavy atom. The van der Waals surface area contributed by atoms with Crippen molar-refractivity contribution >= 4 is 31.2 Å². The third-order valence-electron chi connectivity index (χ3n) is 6.29. The molecule has 35 heavy (non-hydrogen) atoms. The van der Waals surface area contributed by atoms with Crippen LogP contribution >= 0.6 is 0 Å². The summed E-state index contributed by atoms with van der Waals surface area (Å²) in [6.07, 6.45) is 5.12. The van der Waals surface area contributed by atoms with E-state index in [1.165, 1.54) is 24.2 Å². The van der Waals surface area contributed by atoms with Crippen molar-refractivity contribution < 1.29 is 23.5 Å². The molecule has 2 aromatic carbocycles. The van der Waals surface area contributed by atoms with Crippen LogP contribution in [0.3, 0.4) is 0 Å². The Morgan fingerprint density at radius 3 is 2.63 bits per heavy atom. The van der Waals surface area contributed by atoms with Gasteiger partial charge in [0.25, 0.3) is 0 Å². The first-order chi connectivity index (χ1) is 16.7. The topological polar surface area (TPSA) is 59.1 Å². The van der Waals surface area contributed by atoms with Gasteiger partial charge in [0.15, 0.2) is 23.2 Å². The van der Waals surface area contributed by atoms with Crippen LogP contribution in [0.15, 0.2) is 49.1 Å². The van der Waals surface area contributed by atoms with E-state index < -0.39 is 17.7 Å². The summed E-state index contributed by atoms with van der Waals surface area (Å²) < 4.78 is 24.6. The summed E-state index contributed by atoms with van der Waals surface area (Å²) in [4.78, 5) is 28.4. The number of halogens is 1. The Morgan fingerprint density at radius 2 is 1.94 bits per heavy atom. The van der Waals surface area contributed by atoms with Gasteiger partial charge in [0.05, 0.1) is 13.2 Å². The number of anilines is 1. The van der Waals surface area contributed by atoms with Gasteiger partial charge in [-0.15, -0.1) is 0 Å². The average Bonchev–Trinajstić information content (AvgIpc) is 2.84. The number of hydrogen-bond donors (Lipinski definition) is 0. The van der Waals surface area contributed by atoms with Crippen LogP contribution in [-0.2, 0) is 4.79 Å². The van der Waals surface area contributed by atoms with E-state index in [0.29, 0.717) is 26.2 Å². The summed E-state index contributed by atoms with van der Waals surface area (Å²) in [5, 5.41) is 0. The molecule has 0 saturated carbocycles. The number of nitrogens with zero attached hydrogens (tertiary/aromatic N) is 2. The Labute approximate surface area is 207 Å². The number of rotatable bonds is 9. The van der Waals surface area contributed by atoms with Crippen LogP contribution in [0.5, 0.6) is 11.5 Å². The Hall–Kier alpha value is -3.55. The molecule has 0 unspecified atom stereocenters. The van der Waals surface area contributed by atoms with Gasteiger partial charge in [0, 0.05) is 37.8 Å². The molecular formula is C27H30BFN2O4. The molecule has 0 aliphatic carbocycles. The van der Waals surface area contributed by atoms with E-state index in [1.54, 1.807) is 24.3 Å². The van der Waals surface area contributed by atoms with E-state index in [9.17, 15) is 14.0 Å². The average molecular weight is 476 g/mol. The second-order valence-corrected chi connectivity index (χ2v) is 8.46. The van der Waals surface area contributed by atoms with Gasteiger partial charge in [0.2, 0.25) is 7.85 Å². The first kappa shape index (κ1) is 26.1. The van der Waals surface area contributed by atoms with Crippen molar-refractivity contribution in [3.05, 3.63) is 71.6 Å². The maximum Gasteiger partial charge on any atom is 0.200 e. The number of benzene rings is 2. The summed E-state index contributed by atoms with van der Waals surface area (Å²) in [5.41, 5.74) is 3.69. The predicted octanol–water partition coefficient (Wildman–Crippen LogP) is 4.47. The number of hydrogen-bond acceptors (Lipinski definition) is 5. The molecule has 0 spiro atoms.